The van der Waals surface area contributed by atoms with Gasteiger partial charge in [0.25, 0.3) is 0 Å². The molecule has 0 radical (unpaired) electrons. The third-order valence-corrected chi connectivity index (χ3v) is 5.74. The highest BCUT2D eigenvalue weighted by molar-refractivity contribution is 5.80. The van der Waals surface area contributed by atoms with Gasteiger partial charge in [0.05, 0.1) is 18.1 Å². The Kier molecular flexibility index (Phi) is 5.05. The van der Waals surface area contributed by atoms with E-state index in [1.807, 2.05) is 0 Å². The lowest BCUT2D eigenvalue weighted by atomic mass is 9.88. The summed E-state index contributed by atoms with van der Waals surface area (Å²) in [6, 6.07) is 8.64. The number of rotatable bonds is 7. The second kappa shape index (κ2) is 7.39. The summed E-state index contributed by atoms with van der Waals surface area (Å²) < 4.78 is 45.0. The number of halogens is 3. The molecule has 1 atom stereocenters. The van der Waals surface area contributed by atoms with E-state index in [0.29, 0.717) is 23.8 Å². The largest absolute Gasteiger partial charge is 0.492 e. The third-order valence-electron chi connectivity index (χ3n) is 5.74. The van der Waals surface area contributed by atoms with Crippen molar-refractivity contribution in [2.45, 2.75) is 50.6 Å². The van der Waals surface area contributed by atoms with Crippen LogP contribution in [0.5, 0.6) is 5.75 Å². The van der Waals surface area contributed by atoms with E-state index in [1.54, 1.807) is 19.1 Å². The maximum absolute atomic E-state index is 12.9. The number of alkyl halides is 3. The molecule has 2 aliphatic carbocycles. The van der Waals surface area contributed by atoms with Crippen LogP contribution in [-0.2, 0) is 11.0 Å². The first-order valence-electron chi connectivity index (χ1n) is 9.95. The minimum atomic E-state index is -4.39. The van der Waals surface area contributed by atoms with Crippen LogP contribution >= 0.6 is 0 Å². The van der Waals surface area contributed by atoms with Gasteiger partial charge in [0, 0.05) is 11.1 Å². The molecule has 2 saturated carbocycles. The van der Waals surface area contributed by atoms with E-state index in [4.69, 9.17) is 4.74 Å². The molecule has 6 heteroatoms. The number of hydrogen-bond acceptors (Lipinski definition) is 2. The maximum atomic E-state index is 12.9. The summed E-state index contributed by atoms with van der Waals surface area (Å²) in [5, 5.41) is 9.53. The Bertz CT molecular complexity index is 910. The molecular weight excluding hydrogens is 381 g/mol. The maximum Gasteiger partial charge on any atom is 0.416 e. The van der Waals surface area contributed by atoms with E-state index in [9.17, 15) is 23.1 Å². The fourth-order valence-electron chi connectivity index (χ4n) is 3.63. The predicted molar refractivity (Wildman–Crippen MR) is 103 cm³/mol. The highest BCUT2D eigenvalue weighted by Crippen LogP contribution is 2.51. The Morgan fingerprint density at radius 3 is 2.28 bits per heavy atom. The first kappa shape index (κ1) is 19.8. The van der Waals surface area contributed by atoms with Gasteiger partial charge < -0.3 is 9.84 Å². The van der Waals surface area contributed by atoms with Crippen molar-refractivity contribution >= 4 is 5.97 Å². The molecule has 4 rings (SSSR count). The molecule has 29 heavy (non-hydrogen) atoms. The average Bonchev–Trinajstić information content (AvgIpc) is 3.58. The molecule has 0 aliphatic heterocycles. The minimum Gasteiger partial charge on any atom is -0.492 e. The summed E-state index contributed by atoms with van der Waals surface area (Å²) in [5.74, 6) is -0.180. The van der Waals surface area contributed by atoms with Crippen LogP contribution in [0.15, 0.2) is 36.4 Å². The van der Waals surface area contributed by atoms with Crippen LogP contribution in [0, 0.1) is 5.92 Å². The van der Waals surface area contributed by atoms with Crippen LogP contribution < -0.4 is 4.74 Å². The summed E-state index contributed by atoms with van der Waals surface area (Å²) in [4.78, 5) is 11.6. The van der Waals surface area contributed by atoms with Gasteiger partial charge in [-0.05, 0) is 67.7 Å². The average molecular weight is 404 g/mol. The van der Waals surface area contributed by atoms with Gasteiger partial charge in [-0.2, -0.15) is 13.2 Å². The number of carboxylic acids is 1. The molecular formula is C23H23F3O3. The highest BCUT2D eigenvalue weighted by Gasteiger charge is 2.35. The van der Waals surface area contributed by atoms with Crippen molar-refractivity contribution in [3.63, 3.8) is 0 Å². The van der Waals surface area contributed by atoms with E-state index >= 15 is 0 Å². The predicted octanol–water partition coefficient (Wildman–Crippen LogP) is 6.23. The minimum absolute atomic E-state index is 0.246. The van der Waals surface area contributed by atoms with E-state index in [-0.39, 0.29) is 5.92 Å². The number of aliphatic carboxylic acids is 1. The van der Waals surface area contributed by atoms with E-state index in [2.05, 4.69) is 0 Å². The first-order valence-corrected chi connectivity index (χ1v) is 9.95. The van der Waals surface area contributed by atoms with Gasteiger partial charge in [0.1, 0.15) is 5.75 Å². The molecule has 0 saturated heterocycles. The summed E-state index contributed by atoms with van der Waals surface area (Å²) >= 11 is 0. The molecule has 2 aliphatic rings. The smallest absolute Gasteiger partial charge is 0.416 e. The van der Waals surface area contributed by atoms with Crippen LogP contribution in [0.2, 0.25) is 0 Å². The monoisotopic (exact) mass is 404 g/mol. The van der Waals surface area contributed by atoms with Crippen molar-refractivity contribution in [1.29, 1.82) is 0 Å². The van der Waals surface area contributed by atoms with Gasteiger partial charge in [-0.1, -0.05) is 24.3 Å². The van der Waals surface area contributed by atoms with Crippen LogP contribution in [0.3, 0.4) is 0 Å². The van der Waals surface area contributed by atoms with Crippen molar-refractivity contribution in [2.24, 2.45) is 5.92 Å². The van der Waals surface area contributed by atoms with Crippen LogP contribution in [0.25, 0.3) is 11.1 Å². The van der Waals surface area contributed by atoms with Gasteiger partial charge in [-0.3, -0.25) is 4.79 Å². The second-order valence-electron chi connectivity index (χ2n) is 8.11. The van der Waals surface area contributed by atoms with Gasteiger partial charge in [0.15, 0.2) is 0 Å². The Balaban J connectivity index is 1.80. The molecule has 0 bridgehead atoms. The standard InChI is InChI=1S/C23H23F3O3/c1-13(22(27)28)18-10-11-19(15-6-8-17(9-7-15)23(24,25)26)21(20(18)16-4-5-16)29-12-14-2-3-14/h6-11,13-14,16H,2-5,12H2,1H3,(H,27,28). The van der Waals surface area contributed by atoms with Gasteiger partial charge in [-0.25, -0.2) is 0 Å². The van der Waals surface area contributed by atoms with Crippen molar-refractivity contribution in [3.05, 3.63) is 53.1 Å². The lowest BCUT2D eigenvalue weighted by Crippen LogP contribution is -2.12. The summed E-state index contributed by atoms with van der Waals surface area (Å²) in [6.45, 7) is 2.21. The van der Waals surface area contributed by atoms with Gasteiger partial charge >= 0.3 is 12.1 Å². The molecule has 0 spiro atoms. The van der Waals surface area contributed by atoms with Crippen molar-refractivity contribution in [2.75, 3.05) is 6.61 Å². The highest BCUT2D eigenvalue weighted by atomic mass is 19.4. The topological polar surface area (TPSA) is 46.5 Å². The van der Waals surface area contributed by atoms with E-state index in [1.165, 1.54) is 12.1 Å². The fourth-order valence-corrected chi connectivity index (χ4v) is 3.63. The molecule has 154 valence electrons. The molecule has 1 unspecified atom stereocenters. The van der Waals surface area contributed by atoms with Gasteiger partial charge in [-0.15, -0.1) is 0 Å². The number of carboxylic acid groups (broad SMARTS) is 1. The molecule has 1 N–H and O–H groups in total. The van der Waals surface area contributed by atoms with Gasteiger partial charge in [0.2, 0.25) is 0 Å². The van der Waals surface area contributed by atoms with E-state index in [0.717, 1.165) is 54.5 Å². The number of hydrogen-bond donors (Lipinski definition) is 1. The van der Waals surface area contributed by atoms with Crippen LogP contribution in [-0.4, -0.2) is 17.7 Å². The number of benzene rings is 2. The Morgan fingerprint density at radius 1 is 1.10 bits per heavy atom. The molecule has 2 fully saturated rings. The summed E-state index contributed by atoms with van der Waals surface area (Å²) in [7, 11) is 0. The lowest BCUT2D eigenvalue weighted by molar-refractivity contribution is -0.138. The molecule has 0 heterocycles. The quantitative estimate of drug-likeness (QED) is 0.595. The van der Waals surface area contributed by atoms with Crippen molar-refractivity contribution < 1.29 is 27.8 Å². The molecule has 0 aromatic heterocycles. The summed E-state index contributed by atoms with van der Waals surface area (Å²) in [5.41, 5.74) is 2.32. The number of carbonyl (C=O) groups is 1. The van der Waals surface area contributed by atoms with Crippen LogP contribution in [0.4, 0.5) is 13.2 Å². The van der Waals surface area contributed by atoms with Crippen molar-refractivity contribution in [3.8, 4) is 16.9 Å². The van der Waals surface area contributed by atoms with Crippen molar-refractivity contribution in [1.82, 2.24) is 0 Å². The Morgan fingerprint density at radius 2 is 1.76 bits per heavy atom. The normalized spacial score (nSPS) is 17.8. The Labute approximate surface area is 167 Å². The molecule has 3 nitrogen and oxygen atoms in total. The third kappa shape index (κ3) is 4.26. The van der Waals surface area contributed by atoms with E-state index < -0.39 is 23.6 Å². The SMILES string of the molecule is CC(C(=O)O)c1ccc(-c2ccc(C(F)(F)F)cc2)c(OCC2CC2)c1C1CC1. The first-order chi connectivity index (χ1) is 13.8. The lowest BCUT2D eigenvalue weighted by Gasteiger charge is -2.21. The zero-order valence-electron chi connectivity index (χ0n) is 16.1. The number of ether oxygens (including phenoxy) is 1. The molecule has 2 aromatic rings. The summed E-state index contributed by atoms with van der Waals surface area (Å²) in [6.07, 6.45) is -0.228. The zero-order chi connectivity index (χ0) is 20.8. The Hall–Kier alpha value is -2.50. The zero-order valence-corrected chi connectivity index (χ0v) is 16.1. The fraction of sp³-hybridized carbons (Fsp3) is 0.435. The van der Waals surface area contributed by atoms with Crippen LogP contribution in [0.1, 0.15) is 61.1 Å². The molecule has 2 aromatic carbocycles. The molecule has 0 amide bonds. The second-order valence-corrected chi connectivity index (χ2v) is 8.11.